The molecule has 0 aromatic heterocycles. The molecule has 0 saturated carbocycles. The van der Waals surface area contributed by atoms with E-state index in [2.05, 4.69) is 5.32 Å². The molecule has 4 rings (SSSR count). The van der Waals surface area contributed by atoms with Crippen molar-refractivity contribution < 1.29 is 29.8 Å². The van der Waals surface area contributed by atoms with Crippen molar-refractivity contribution in [2.75, 3.05) is 5.32 Å². The zero-order valence-corrected chi connectivity index (χ0v) is 16.1. The number of benzene rings is 3. The molecular formula is C22H16N2O7. The average molecular weight is 420 g/mol. The molecule has 0 amide bonds. The van der Waals surface area contributed by atoms with Gasteiger partial charge in [0.15, 0.2) is 0 Å². The van der Waals surface area contributed by atoms with Crippen LogP contribution in [0.4, 0.5) is 17.1 Å². The minimum Gasteiger partial charge on any atom is -0.507 e. The lowest BCUT2D eigenvalue weighted by Gasteiger charge is -2.22. The van der Waals surface area contributed by atoms with Crippen LogP contribution in [0, 0.1) is 10.1 Å². The number of nitrogens with one attached hydrogen (secondary N) is 1. The van der Waals surface area contributed by atoms with Gasteiger partial charge in [0.25, 0.3) is 5.69 Å². The van der Waals surface area contributed by atoms with Gasteiger partial charge in [-0.15, -0.1) is 0 Å². The van der Waals surface area contributed by atoms with Gasteiger partial charge in [-0.2, -0.15) is 0 Å². The third-order valence-corrected chi connectivity index (χ3v) is 5.10. The summed E-state index contributed by atoms with van der Waals surface area (Å²) in [5, 5.41) is 44.7. The van der Waals surface area contributed by atoms with Crippen LogP contribution in [-0.2, 0) is 0 Å². The van der Waals surface area contributed by atoms with E-state index in [1.165, 1.54) is 12.1 Å². The number of aromatic hydroxyl groups is 2. The normalized spacial score (nSPS) is 13.4. The summed E-state index contributed by atoms with van der Waals surface area (Å²) in [6, 6.07) is 11.2. The Morgan fingerprint density at radius 2 is 1.52 bits per heavy atom. The van der Waals surface area contributed by atoms with Gasteiger partial charge in [0.1, 0.15) is 17.1 Å². The number of aliphatic hydroxyl groups excluding tert-OH is 1. The molecule has 0 aliphatic heterocycles. The van der Waals surface area contributed by atoms with E-state index in [0.29, 0.717) is 11.3 Å². The Balaban J connectivity index is 1.91. The van der Waals surface area contributed by atoms with Gasteiger partial charge >= 0.3 is 0 Å². The first kappa shape index (κ1) is 20.0. The van der Waals surface area contributed by atoms with Crippen LogP contribution in [0.15, 0.2) is 48.5 Å². The maximum absolute atomic E-state index is 13.3. The van der Waals surface area contributed by atoms with Crippen molar-refractivity contribution in [3.63, 3.8) is 0 Å². The highest BCUT2D eigenvalue weighted by Crippen LogP contribution is 2.43. The fraction of sp³-hybridized carbons (Fsp3) is 0.0909. The Bertz CT molecular complexity index is 1280. The number of aliphatic hydroxyl groups is 1. The predicted octanol–water partition coefficient (Wildman–Crippen LogP) is 3.58. The van der Waals surface area contributed by atoms with Crippen molar-refractivity contribution in [1.29, 1.82) is 0 Å². The highest BCUT2D eigenvalue weighted by atomic mass is 16.6. The third kappa shape index (κ3) is 3.17. The molecule has 1 atom stereocenters. The van der Waals surface area contributed by atoms with Crippen LogP contribution in [-0.4, -0.2) is 31.8 Å². The van der Waals surface area contributed by atoms with Crippen molar-refractivity contribution in [2.45, 2.75) is 13.0 Å². The summed E-state index contributed by atoms with van der Waals surface area (Å²) in [7, 11) is 0. The summed E-state index contributed by atoms with van der Waals surface area (Å²) in [5.74, 6) is -2.86. The monoisotopic (exact) mass is 420 g/mol. The molecular weight excluding hydrogens is 404 g/mol. The molecule has 1 unspecified atom stereocenters. The molecule has 9 heteroatoms. The number of nitrogens with zero attached hydrogens (tertiary/aromatic N) is 1. The van der Waals surface area contributed by atoms with Crippen LogP contribution >= 0.6 is 0 Å². The van der Waals surface area contributed by atoms with Crippen molar-refractivity contribution in [1.82, 2.24) is 0 Å². The van der Waals surface area contributed by atoms with Crippen LogP contribution in [0.2, 0.25) is 0 Å². The first-order chi connectivity index (χ1) is 14.7. The maximum atomic E-state index is 13.3. The largest absolute Gasteiger partial charge is 0.507 e. The van der Waals surface area contributed by atoms with Gasteiger partial charge in [0.05, 0.1) is 33.4 Å². The van der Waals surface area contributed by atoms with Gasteiger partial charge in [-0.1, -0.05) is 12.1 Å². The van der Waals surface area contributed by atoms with E-state index in [0.717, 1.165) is 12.1 Å². The Morgan fingerprint density at radius 3 is 2.16 bits per heavy atom. The molecule has 9 nitrogen and oxygen atoms in total. The summed E-state index contributed by atoms with van der Waals surface area (Å²) < 4.78 is 0. The number of rotatable bonds is 4. The number of nitro groups is 1. The molecule has 156 valence electrons. The van der Waals surface area contributed by atoms with Gasteiger partial charge in [0.2, 0.25) is 11.6 Å². The van der Waals surface area contributed by atoms with E-state index >= 15 is 0 Å². The minimum atomic E-state index is -0.939. The van der Waals surface area contributed by atoms with Crippen LogP contribution in [0.1, 0.15) is 50.4 Å². The molecule has 0 bridgehead atoms. The van der Waals surface area contributed by atoms with Crippen molar-refractivity contribution in [3.05, 3.63) is 86.5 Å². The molecule has 3 aromatic rings. The highest BCUT2D eigenvalue weighted by Gasteiger charge is 2.40. The Kier molecular flexibility index (Phi) is 4.67. The van der Waals surface area contributed by atoms with Crippen molar-refractivity contribution in [2.24, 2.45) is 0 Å². The first-order valence-electron chi connectivity index (χ1n) is 9.21. The van der Waals surface area contributed by atoms with Gasteiger partial charge < -0.3 is 20.6 Å². The summed E-state index contributed by atoms with van der Waals surface area (Å²) in [6.07, 6.45) is -0.733. The standard InChI is InChI=1S/C22H16N2O7/c1-10(25)11-3-2-4-12(9-11)23-13-5-7-15(26)19-17(13)21(28)20-16(27)8-6-14(24(30)31)18(20)22(19)29/h2-10,23,25-27H,1H3. The summed E-state index contributed by atoms with van der Waals surface area (Å²) in [5.41, 5.74) is -1.02. The predicted molar refractivity (Wildman–Crippen MR) is 110 cm³/mol. The van der Waals surface area contributed by atoms with Crippen LogP contribution < -0.4 is 5.32 Å². The van der Waals surface area contributed by atoms with Crippen molar-refractivity contribution >= 4 is 28.6 Å². The molecule has 1 aliphatic rings. The molecule has 4 N–H and O–H groups in total. The fourth-order valence-corrected chi connectivity index (χ4v) is 3.64. The molecule has 0 saturated heterocycles. The maximum Gasteiger partial charge on any atom is 0.281 e. The fourth-order valence-electron chi connectivity index (χ4n) is 3.64. The lowest BCUT2D eigenvalue weighted by molar-refractivity contribution is -0.385. The van der Waals surface area contributed by atoms with E-state index in [1.807, 2.05) is 0 Å². The molecule has 0 spiro atoms. The van der Waals surface area contributed by atoms with Crippen LogP contribution in [0.5, 0.6) is 11.5 Å². The number of hydrogen-bond donors (Lipinski definition) is 4. The molecule has 1 aliphatic carbocycles. The molecule has 0 radical (unpaired) electrons. The molecule has 0 heterocycles. The zero-order chi connectivity index (χ0) is 22.4. The SMILES string of the molecule is CC(O)c1cccc(Nc2ccc(O)c3c2C(=O)c2c(O)ccc([N+](=O)[O-])c2C3=O)c1. The molecule has 3 aromatic carbocycles. The second kappa shape index (κ2) is 7.22. The number of anilines is 2. The second-order valence-electron chi connectivity index (χ2n) is 7.08. The number of nitro benzene ring substituents is 1. The number of fused-ring (bicyclic) bond motifs is 2. The van der Waals surface area contributed by atoms with Crippen LogP contribution in [0.3, 0.4) is 0 Å². The number of carbonyl (C=O) groups excluding carboxylic acids is 2. The lowest BCUT2D eigenvalue weighted by Crippen LogP contribution is -2.23. The van der Waals surface area contributed by atoms with Crippen LogP contribution in [0.25, 0.3) is 0 Å². The summed E-state index contributed by atoms with van der Waals surface area (Å²) in [4.78, 5) is 36.9. The van der Waals surface area contributed by atoms with E-state index in [1.54, 1.807) is 31.2 Å². The number of ketones is 2. The quantitative estimate of drug-likeness (QED) is 0.222. The first-order valence-corrected chi connectivity index (χ1v) is 9.21. The minimum absolute atomic E-state index is 0.158. The number of hydrogen-bond acceptors (Lipinski definition) is 8. The number of phenolic OH excluding ortho intramolecular Hbond substituents is 2. The van der Waals surface area contributed by atoms with Gasteiger partial charge in [-0.3, -0.25) is 19.7 Å². The van der Waals surface area contributed by atoms with Gasteiger partial charge in [-0.25, -0.2) is 0 Å². The van der Waals surface area contributed by atoms with E-state index in [4.69, 9.17) is 0 Å². The Morgan fingerprint density at radius 1 is 0.903 bits per heavy atom. The van der Waals surface area contributed by atoms with E-state index in [-0.39, 0.29) is 16.8 Å². The van der Waals surface area contributed by atoms with E-state index in [9.17, 15) is 35.0 Å². The highest BCUT2D eigenvalue weighted by molar-refractivity contribution is 6.33. The number of phenols is 2. The number of carbonyl (C=O) groups is 2. The Labute approximate surface area is 175 Å². The molecule has 31 heavy (non-hydrogen) atoms. The van der Waals surface area contributed by atoms with Crippen molar-refractivity contribution in [3.8, 4) is 11.5 Å². The van der Waals surface area contributed by atoms with Gasteiger partial charge in [-0.05, 0) is 42.8 Å². The topological polar surface area (TPSA) is 150 Å². The van der Waals surface area contributed by atoms with Gasteiger partial charge in [0, 0.05) is 11.8 Å². The zero-order valence-electron chi connectivity index (χ0n) is 16.1. The molecule has 0 fully saturated rings. The summed E-state index contributed by atoms with van der Waals surface area (Å²) >= 11 is 0. The summed E-state index contributed by atoms with van der Waals surface area (Å²) in [6.45, 7) is 1.59. The second-order valence-corrected chi connectivity index (χ2v) is 7.08. The average Bonchev–Trinajstić information content (AvgIpc) is 2.72. The lowest BCUT2D eigenvalue weighted by atomic mass is 9.81. The smallest absolute Gasteiger partial charge is 0.281 e. The Hall–Kier alpha value is -4.24. The van der Waals surface area contributed by atoms with E-state index < -0.39 is 50.9 Å². The third-order valence-electron chi connectivity index (χ3n) is 5.10.